The van der Waals surface area contributed by atoms with Gasteiger partial charge in [-0.2, -0.15) is 0 Å². The van der Waals surface area contributed by atoms with E-state index < -0.39 is 0 Å². The molecule has 0 saturated heterocycles. The number of carbonyl (C=O) groups is 1. The standard InChI is InChI=1S/C13H16ClIN2O/c14-11-7-9(15)4-5-12(11)17-13(18)8-2-1-3-10(16)6-8/h4-5,7-8,10H,1-3,6,16H2,(H,17,18). The molecule has 98 valence electrons. The molecule has 2 atom stereocenters. The molecule has 0 aliphatic heterocycles. The van der Waals surface area contributed by atoms with E-state index in [0.29, 0.717) is 10.7 Å². The van der Waals surface area contributed by atoms with E-state index in [1.54, 1.807) is 0 Å². The SMILES string of the molecule is NC1CCCC(C(=O)Nc2ccc(I)cc2Cl)C1. The van der Waals surface area contributed by atoms with Crippen molar-refractivity contribution in [2.24, 2.45) is 11.7 Å². The first-order valence-electron chi connectivity index (χ1n) is 6.08. The van der Waals surface area contributed by atoms with Crippen molar-refractivity contribution in [1.29, 1.82) is 0 Å². The summed E-state index contributed by atoms with van der Waals surface area (Å²) in [6, 6.07) is 5.76. The van der Waals surface area contributed by atoms with Gasteiger partial charge in [0.05, 0.1) is 10.7 Å². The van der Waals surface area contributed by atoms with E-state index >= 15 is 0 Å². The van der Waals surface area contributed by atoms with Crippen LogP contribution in [0.3, 0.4) is 0 Å². The van der Waals surface area contributed by atoms with Crippen molar-refractivity contribution >= 4 is 45.8 Å². The van der Waals surface area contributed by atoms with E-state index in [9.17, 15) is 4.79 Å². The molecule has 18 heavy (non-hydrogen) atoms. The molecular formula is C13H16ClIN2O. The van der Waals surface area contributed by atoms with Gasteiger partial charge in [-0.3, -0.25) is 4.79 Å². The second-order valence-corrected chi connectivity index (χ2v) is 6.39. The third kappa shape index (κ3) is 3.59. The van der Waals surface area contributed by atoms with Crippen LogP contribution in [0.1, 0.15) is 25.7 Å². The molecule has 0 bridgehead atoms. The first kappa shape index (κ1) is 14.1. The largest absolute Gasteiger partial charge is 0.328 e. The Labute approximate surface area is 126 Å². The highest BCUT2D eigenvalue weighted by Gasteiger charge is 2.25. The van der Waals surface area contributed by atoms with Gasteiger partial charge in [0, 0.05) is 15.5 Å². The Morgan fingerprint density at radius 2 is 2.22 bits per heavy atom. The third-order valence-corrected chi connectivity index (χ3v) is 4.26. The molecule has 3 N–H and O–H groups in total. The fourth-order valence-corrected chi connectivity index (χ4v) is 3.19. The maximum atomic E-state index is 12.1. The zero-order valence-electron chi connectivity index (χ0n) is 9.96. The lowest BCUT2D eigenvalue weighted by Crippen LogP contribution is -2.34. The Kier molecular flexibility index (Phi) is 4.86. The Bertz CT molecular complexity index is 453. The molecule has 0 heterocycles. The molecule has 3 nitrogen and oxygen atoms in total. The second kappa shape index (κ2) is 6.21. The number of amides is 1. The molecule has 1 amide bonds. The summed E-state index contributed by atoms with van der Waals surface area (Å²) in [7, 11) is 0. The number of benzene rings is 1. The van der Waals surface area contributed by atoms with Crippen LogP contribution in [0.2, 0.25) is 5.02 Å². The average molecular weight is 379 g/mol. The van der Waals surface area contributed by atoms with E-state index in [-0.39, 0.29) is 17.9 Å². The van der Waals surface area contributed by atoms with Crippen LogP contribution in [-0.2, 0) is 4.79 Å². The van der Waals surface area contributed by atoms with E-state index in [0.717, 1.165) is 29.3 Å². The predicted molar refractivity (Wildman–Crippen MR) is 82.7 cm³/mol. The molecular weight excluding hydrogens is 363 g/mol. The van der Waals surface area contributed by atoms with Crippen molar-refractivity contribution in [2.45, 2.75) is 31.7 Å². The van der Waals surface area contributed by atoms with Crippen molar-refractivity contribution < 1.29 is 4.79 Å². The molecule has 1 aliphatic rings. The van der Waals surface area contributed by atoms with Gasteiger partial charge in [-0.1, -0.05) is 18.0 Å². The van der Waals surface area contributed by atoms with Crippen molar-refractivity contribution in [3.8, 4) is 0 Å². The van der Waals surface area contributed by atoms with Gasteiger partial charge in [0.25, 0.3) is 0 Å². The number of nitrogens with one attached hydrogen (secondary N) is 1. The zero-order chi connectivity index (χ0) is 13.1. The van der Waals surface area contributed by atoms with Gasteiger partial charge in [-0.15, -0.1) is 0 Å². The molecule has 2 unspecified atom stereocenters. The van der Waals surface area contributed by atoms with Gasteiger partial charge in [0.2, 0.25) is 5.91 Å². The maximum Gasteiger partial charge on any atom is 0.227 e. The van der Waals surface area contributed by atoms with Gasteiger partial charge in [-0.25, -0.2) is 0 Å². The van der Waals surface area contributed by atoms with Crippen LogP contribution < -0.4 is 11.1 Å². The average Bonchev–Trinajstić information content (AvgIpc) is 2.32. The Balaban J connectivity index is 2.02. The maximum absolute atomic E-state index is 12.1. The highest BCUT2D eigenvalue weighted by molar-refractivity contribution is 14.1. The van der Waals surface area contributed by atoms with Gasteiger partial charge in [-0.05, 0) is 60.1 Å². The minimum atomic E-state index is 0.0177. The molecule has 0 aromatic heterocycles. The van der Waals surface area contributed by atoms with E-state index in [2.05, 4.69) is 27.9 Å². The number of hydrogen-bond acceptors (Lipinski definition) is 2. The highest BCUT2D eigenvalue weighted by Crippen LogP contribution is 2.27. The number of nitrogens with two attached hydrogens (primary N) is 1. The minimum absolute atomic E-state index is 0.0177. The van der Waals surface area contributed by atoms with Gasteiger partial charge in [0.1, 0.15) is 0 Å². The smallest absolute Gasteiger partial charge is 0.227 e. The first-order valence-corrected chi connectivity index (χ1v) is 7.53. The first-order chi connectivity index (χ1) is 8.56. The van der Waals surface area contributed by atoms with Crippen LogP contribution in [0, 0.1) is 9.49 Å². The van der Waals surface area contributed by atoms with E-state index in [1.807, 2.05) is 18.2 Å². The number of anilines is 1. The van der Waals surface area contributed by atoms with Crippen LogP contribution in [-0.4, -0.2) is 11.9 Å². The van der Waals surface area contributed by atoms with Crippen molar-refractivity contribution in [2.75, 3.05) is 5.32 Å². The molecule has 1 aromatic carbocycles. The molecule has 1 saturated carbocycles. The van der Waals surface area contributed by atoms with Gasteiger partial charge >= 0.3 is 0 Å². The van der Waals surface area contributed by atoms with Crippen LogP contribution in [0.15, 0.2) is 18.2 Å². The van der Waals surface area contributed by atoms with Gasteiger partial charge < -0.3 is 11.1 Å². The van der Waals surface area contributed by atoms with Crippen LogP contribution in [0.4, 0.5) is 5.69 Å². The number of hydrogen-bond donors (Lipinski definition) is 2. The monoisotopic (exact) mass is 378 g/mol. The van der Waals surface area contributed by atoms with Crippen LogP contribution in [0.5, 0.6) is 0 Å². The summed E-state index contributed by atoms with van der Waals surface area (Å²) in [5, 5.41) is 3.48. The molecule has 0 spiro atoms. The van der Waals surface area contributed by atoms with Crippen LogP contribution >= 0.6 is 34.2 Å². The zero-order valence-corrected chi connectivity index (χ0v) is 12.9. The quantitative estimate of drug-likeness (QED) is 0.775. The lowest BCUT2D eigenvalue weighted by molar-refractivity contribution is -0.120. The summed E-state index contributed by atoms with van der Waals surface area (Å²) in [5.74, 6) is 0.0531. The fourth-order valence-electron chi connectivity index (χ4n) is 2.29. The molecule has 5 heteroatoms. The van der Waals surface area contributed by atoms with Crippen LogP contribution in [0.25, 0.3) is 0 Å². The lowest BCUT2D eigenvalue weighted by atomic mass is 9.85. The fraction of sp³-hybridized carbons (Fsp3) is 0.462. The van der Waals surface area contributed by atoms with E-state index in [1.165, 1.54) is 0 Å². The van der Waals surface area contributed by atoms with Crippen molar-refractivity contribution in [3.63, 3.8) is 0 Å². The number of carbonyl (C=O) groups excluding carboxylic acids is 1. The molecule has 1 aliphatic carbocycles. The molecule has 1 fully saturated rings. The van der Waals surface area contributed by atoms with Gasteiger partial charge in [0.15, 0.2) is 0 Å². The molecule has 1 aromatic rings. The number of rotatable bonds is 2. The predicted octanol–water partition coefficient (Wildman–Crippen LogP) is 3.40. The molecule has 0 radical (unpaired) electrons. The Hall–Kier alpha value is -0.330. The lowest BCUT2D eigenvalue weighted by Gasteiger charge is -2.25. The highest BCUT2D eigenvalue weighted by atomic mass is 127. The van der Waals surface area contributed by atoms with Crippen molar-refractivity contribution in [1.82, 2.24) is 0 Å². The Morgan fingerprint density at radius 3 is 2.89 bits per heavy atom. The minimum Gasteiger partial charge on any atom is -0.328 e. The summed E-state index contributed by atoms with van der Waals surface area (Å²) in [6.07, 6.45) is 3.74. The third-order valence-electron chi connectivity index (χ3n) is 3.27. The topological polar surface area (TPSA) is 55.1 Å². The van der Waals surface area contributed by atoms with E-state index in [4.69, 9.17) is 17.3 Å². The number of halogens is 2. The summed E-state index contributed by atoms with van der Waals surface area (Å²) in [4.78, 5) is 12.1. The normalized spacial score (nSPS) is 23.7. The summed E-state index contributed by atoms with van der Waals surface area (Å²) >= 11 is 8.28. The second-order valence-electron chi connectivity index (χ2n) is 4.74. The Morgan fingerprint density at radius 1 is 1.44 bits per heavy atom. The van der Waals surface area contributed by atoms with Crippen molar-refractivity contribution in [3.05, 3.63) is 26.8 Å². The molecule has 2 rings (SSSR count). The summed E-state index contributed by atoms with van der Waals surface area (Å²) < 4.78 is 1.05. The summed E-state index contributed by atoms with van der Waals surface area (Å²) in [5.41, 5.74) is 6.58. The summed E-state index contributed by atoms with van der Waals surface area (Å²) in [6.45, 7) is 0.